The average molecular weight is 573 g/mol. The van der Waals surface area contributed by atoms with E-state index < -0.39 is 11.9 Å². The minimum atomic E-state index is -0.636. The summed E-state index contributed by atoms with van der Waals surface area (Å²) in [4.78, 5) is 27.1. The van der Waals surface area contributed by atoms with E-state index in [4.69, 9.17) is 9.47 Å². The average Bonchev–Trinajstić information content (AvgIpc) is 2.87. The van der Waals surface area contributed by atoms with Crippen LogP contribution in [-0.2, 0) is 14.3 Å². The van der Waals surface area contributed by atoms with Gasteiger partial charge in [-0.15, -0.1) is 0 Å². The smallest absolute Gasteiger partial charge is 0.336 e. The van der Waals surface area contributed by atoms with Crippen molar-refractivity contribution >= 4 is 39.4 Å². The van der Waals surface area contributed by atoms with Gasteiger partial charge in [0.05, 0.1) is 17.2 Å². The summed E-state index contributed by atoms with van der Waals surface area (Å²) in [6.07, 6.45) is 1.01. The molecule has 2 aromatic rings. The Bertz CT molecular complexity index is 1220. The van der Waals surface area contributed by atoms with Gasteiger partial charge in [-0.3, -0.25) is 4.79 Å². The minimum Gasteiger partial charge on any atom is -0.503 e. The molecule has 0 aromatic heterocycles. The quantitative estimate of drug-likeness (QED) is 0.305. The molecule has 0 unspecified atom stereocenters. The number of carbonyl (C=O) groups is 2. The first kappa shape index (κ1) is 26.4. The van der Waals surface area contributed by atoms with E-state index in [1.807, 2.05) is 37.3 Å². The van der Waals surface area contributed by atoms with Gasteiger partial charge in [-0.1, -0.05) is 37.3 Å². The van der Waals surface area contributed by atoms with Gasteiger partial charge in [0.2, 0.25) is 0 Å². The van der Waals surface area contributed by atoms with E-state index in [0.29, 0.717) is 52.1 Å². The topological polar surface area (TPSA) is 84.9 Å². The van der Waals surface area contributed by atoms with E-state index in [0.717, 1.165) is 17.0 Å². The van der Waals surface area contributed by atoms with Crippen LogP contribution in [0.3, 0.4) is 0 Å². The second kappa shape index (κ2) is 11.6. The van der Waals surface area contributed by atoms with Gasteiger partial charge < -0.3 is 19.9 Å². The van der Waals surface area contributed by atoms with Crippen molar-refractivity contribution in [2.24, 2.45) is 0 Å². The number of dihydropyridines is 1. The largest absolute Gasteiger partial charge is 0.503 e. The maximum atomic E-state index is 13.7. The molecule has 2 aliphatic rings. The number of aromatic hydroxyl groups is 1. The number of nitrogens with one attached hydrogen (secondary N) is 1. The fraction of sp³-hybridized carbons (Fsp3) is 0.357. The summed E-state index contributed by atoms with van der Waals surface area (Å²) >= 11 is 5.09. The third kappa shape index (κ3) is 5.34. The highest BCUT2D eigenvalue weighted by Crippen LogP contribution is 2.48. The predicted octanol–water partition coefficient (Wildman–Crippen LogP) is 5.82. The number of carbonyl (C=O) groups excluding carboxylic acids is 2. The molecule has 190 valence electrons. The zero-order valence-electron chi connectivity index (χ0n) is 20.6. The van der Waals surface area contributed by atoms with E-state index in [-0.39, 0.29) is 23.2 Å². The number of hydrogen-bond donors (Lipinski definition) is 2. The molecule has 0 spiro atoms. The highest BCUT2D eigenvalue weighted by atomic mass is 79.9. The first-order valence-electron chi connectivity index (χ1n) is 12.0. The highest BCUT2D eigenvalue weighted by molar-refractivity contribution is 9.10. The summed E-state index contributed by atoms with van der Waals surface area (Å²) < 4.78 is 11.4. The Morgan fingerprint density at radius 3 is 2.64 bits per heavy atom. The lowest BCUT2D eigenvalue weighted by atomic mass is 9.71. The van der Waals surface area contributed by atoms with Gasteiger partial charge >= 0.3 is 5.97 Å². The molecule has 0 amide bonds. The van der Waals surface area contributed by atoms with Crippen LogP contribution in [-0.4, -0.2) is 42.1 Å². The Morgan fingerprint density at radius 1 is 1.19 bits per heavy atom. The van der Waals surface area contributed by atoms with E-state index in [9.17, 15) is 14.7 Å². The molecule has 6 nitrogen and oxygen atoms in total. The van der Waals surface area contributed by atoms with Crippen molar-refractivity contribution in [3.63, 3.8) is 0 Å². The van der Waals surface area contributed by atoms with Gasteiger partial charge in [0, 0.05) is 35.1 Å². The summed E-state index contributed by atoms with van der Waals surface area (Å²) in [5.41, 5.74) is 4.25. The molecule has 1 aliphatic heterocycles. The first-order valence-corrected chi connectivity index (χ1v) is 13.9. The molecule has 1 heterocycles. The van der Waals surface area contributed by atoms with Gasteiger partial charge in [-0.2, -0.15) is 11.8 Å². The Hall–Kier alpha value is -2.71. The number of ether oxygens (including phenoxy) is 2. The van der Waals surface area contributed by atoms with Crippen molar-refractivity contribution in [1.29, 1.82) is 0 Å². The van der Waals surface area contributed by atoms with Gasteiger partial charge in [-0.25, -0.2) is 4.79 Å². The number of thioether (sulfide) groups is 1. The van der Waals surface area contributed by atoms with Crippen LogP contribution < -0.4 is 10.1 Å². The van der Waals surface area contributed by atoms with Crippen molar-refractivity contribution in [2.45, 2.75) is 38.5 Å². The molecule has 2 N–H and O–H groups in total. The number of esters is 1. The number of methoxy groups -OCH3 is 1. The normalized spacial score (nSPS) is 19.6. The van der Waals surface area contributed by atoms with E-state index >= 15 is 0 Å². The molecule has 1 aliphatic carbocycles. The number of allylic oxidation sites excluding steroid dienone is 3. The lowest BCUT2D eigenvalue weighted by molar-refractivity contribution is -0.138. The lowest BCUT2D eigenvalue weighted by Crippen LogP contribution is -2.36. The van der Waals surface area contributed by atoms with E-state index in [1.165, 1.54) is 7.11 Å². The summed E-state index contributed by atoms with van der Waals surface area (Å²) in [7, 11) is 1.47. The maximum Gasteiger partial charge on any atom is 0.336 e. The van der Waals surface area contributed by atoms with Crippen LogP contribution in [0.5, 0.6) is 11.5 Å². The molecule has 0 fully saturated rings. The fourth-order valence-electron chi connectivity index (χ4n) is 4.94. The molecule has 0 saturated heterocycles. The number of rotatable bonds is 8. The summed E-state index contributed by atoms with van der Waals surface area (Å²) in [6.45, 7) is 4.19. The Labute approximate surface area is 224 Å². The molecule has 8 heteroatoms. The van der Waals surface area contributed by atoms with Gasteiger partial charge in [0.1, 0.15) is 6.61 Å². The number of ketones is 1. The molecule has 36 heavy (non-hydrogen) atoms. The lowest BCUT2D eigenvalue weighted by Gasteiger charge is -2.37. The number of phenols is 1. The molecule has 2 aromatic carbocycles. The zero-order chi connectivity index (χ0) is 25.8. The van der Waals surface area contributed by atoms with Crippen molar-refractivity contribution in [3.05, 3.63) is 80.6 Å². The number of halogens is 1. The van der Waals surface area contributed by atoms with Crippen LogP contribution in [0.15, 0.2) is 69.5 Å². The third-order valence-corrected chi connectivity index (χ3v) is 8.06. The Morgan fingerprint density at radius 2 is 1.94 bits per heavy atom. The Balaban J connectivity index is 1.78. The molecule has 0 bridgehead atoms. The third-order valence-electron chi connectivity index (χ3n) is 6.59. The van der Waals surface area contributed by atoms with Crippen LogP contribution in [0, 0.1) is 0 Å². The maximum absolute atomic E-state index is 13.7. The molecule has 4 rings (SSSR count). The van der Waals surface area contributed by atoms with Crippen molar-refractivity contribution < 1.29 is 24.2 Å². The standard InChI is InChI=1S/C28H30BrNO5S/c1-4-36-11-10-35-28(33)24-16(2)30-21-13-18(17-8-6-5-7-9-17)14-22(31)26(21)25(24)19-12-20(29)27(32)23(15-19)34-3/h5-9,12,15,18,25,30,32H,4,10-11,13-14H2,1-3H3/t18-,25+/m1/s1. The van der Waals surface area contributed by atoms with E-state index in [2.05, 4.69) is 28.2 Å². The van der Waals surface area contributed by atoms with Crippen molar-refractivity contribution in [1.82, 2.24) is 5.32 Å². The molecular formula is C28H30BrNO5S. The number of phenolic OH excluding ortho intramolecular Hbond substituents is 1. The van der Waals surface area contributed by atoms with Crippen LogP contribution in [0.1, 0.15) is 49.7 Å². The van der Waals surface area contributed by atoms with Crippen molar-refractivity contribution in [2.75, 3.05) is 25.2 Å². The van der Waals surface area contributed by atoms with E-state index in [1.54, 1.807) is 23.9 Å². The number of benzene rings is 2. The number of Topliss-reactive ketones (excluding diaryl/α,β-unsaturated/α-hetero) is 1. The minimum absolute atomic E-state index is 0.00916. The summed E-state index contributed by atoms with van der Waals surface area (Å²) in [6, 6.07) is 13.5. The molecule has 0 saturated carbocycles. The summed E-state index contributed by atoms with van der Waals surface area (Å²) in [5.74, 6) is 0.830. The first-order chi connectivity index (χ1) is 17.3. The van der Waals surface area contributed by atoms with Gasteiger partial charge in [0.15, 0.2) is 17.3 Å². The molecular weight excluding hydrogens is 542 g/mol. The number of hydrogen-bond acceptors (Lipinski definition) is 7. The molecule has 0 radical (unpaired) electrons. The van der Waals surface area contributed by atoms with Crippen LogP contribution in [0.2, 0.25) is 0 Å². The van der Waals surface area contributed by atoms with Gasteiger partial charge in [0.25, 0.3) is 0 Å². The summed E-state index contributed by atoms with van der Waals surface area (Å²) in [5, 5.41) is 13.8. The van der Waals surface area contributed by atoms with Crippen LogP contribution in [0.4, 0.5) is 0 Å². The van der Waals surface area contributed by atoms with Crippen LogP contribution >= 0.6 is 27.7 Å². The Kier molecular flexibility index (Phi) is 8.46. The second-order valence-corrected chi connectivity index (χ2v) is 11.1. The van der Waals surface area contributed by atoms with Crippen molar-refractivity contribution in [3.8, 4) is 11.5 Å². The fourth-order valence-corrected chi connectivity index (χ4v) is 5.88. The second-order valence-electron chi connectivity index (χ2n) is 8.81. The predicted molar refractivity (Wildman–Crippen MR) is 145 cm³/mol. The molecule has 2 atom stereocenters. The highest BCUT2D eigenvalue weighted by Gasteiger charge is 2.41. The van der Waals surface area contributed by atoms with Crippen LogP contribution in [0.25, 0.3) is 0 Å². The monoisotopic (exact) mass is 571 g/mol. The SMILES string of the molecule is CCSCCOC(=O)C1=C(C)NC2=C(C(=O)C[C@H](c3ccccc3)C2)[C@H]1c1cc(Br)c(O)c(OC)c1. The van der Waals surface area contributed by atoms with Gasteiger partial charge in [-0.05, 0) is 64.2 Å². The zero-order valence-corrected chi connectivity index (χ0v) is 23.0.